The summed E-state index contributed by atoms with van der Waals surface area (Å²) >= 11 is 5.88. The minimum Gasteiger partial charge on any atom is -0.383 e. The molecule has 1 atom stereocenters. The van der Waals surface area contributed by atoms with Crippen LogP contribution >= 0.6 is 11.6 Å². The molecule has 0 aliphatic heterocycles. The molecule has 1 aliphatic rings. The number of nitrogen functional groups attached to an aromatic ring is 1. The summed E-state index contributed by atoms with van der Waals surface area (Å²) in [4.78, 5) is 21.4. The van der Waals surface area contributed by atoms with Gasteiger partial charge in [0.15, 0.2) is 0 Å². The Bertz CT molecular complexity index is 1150. The van der Waals surface area contributed by atoms with Gasteiger partial charge in [0.25, 0.3) is 5.56 Å². The summed E-state index contributed by atoms with van der Waals surface area (Å²) in [5, 5.41) is 12.5. The van der Waals surface area contributed by atoms with Crippen molar-refractivity contribution in [3.05, 3.63) is 57.8 Å². The molecule has 1 fully saturated rings. The van der Waals surface area contributed by atoms with Crippen molar-refractivity contribution >= 4 is 39.2 Å². The fraction of sp³-hybridized carbons (Fsp3) is 0.300. The molecular weight excluding hydrogens is 376 g/mol. The minimum atomic E-state index is -0.248. The van der Waals surface area contributed by atoms with Crippen LogP contribution in [0.5, 0.6) is 0 Å². The number of benzene rings is 1. The summed E-state index contributed by atoms with van der Waals surface area (Å²) in [7, 11) is 0. The molecule has 28 heavy (non-hydrogen) atoms. The number of nitrogens with zero attached hydrogens (tertiary/aromatic N) is 3. The Morgan fingerprint density at radius 2 is 2.14 bits per heavy atom. The summed E-state index contributed by atoms with van der Waals surface area (Å²) < 4.78 is 1.89. The van der Waals surface area contributed by atoms with Gasteiger partial charge in [-0.25, -0.2) is 9.97 Å². The predicted molar refractivity (Wildman–Crippen MR) is 112 cm³/mol. The SMILES string of the molecule is Cc1cccc2cc(C(C)Nc3ncnc(N)c3C(=N)Cl)n(C3CC3)c(=O)c12. The van der Waals surface area contributed by atoms with E-state index in [2.05, 4.69) is 21.4 Å². The average Bonchev–Trinajstić information content (AvgIpc) is 3.46. The number of nitrogens with two attached hydrogens (primary N) is 1. The van der Waals surface area contributed by atoms with Crippen molar-refractivity contribution in [2.75, 3.05) is 11.1 Å². The largest absolute Gasteiger partial charge is 0.383 e. The first kappa shape index (κ1) is 18.4. The molecule has 0 spiro atoms. The van der Waals surface area contributed by atoms with Gasteiger partial charge in [-0.1, -0.05) is 29.8 Å². The van der Waals surface area contributed by atoms with Crippen molar-refractivity contribution in [1.29, 1.82) is 5.41 Å². The van der Waals surface area contributed by atoms with E-state index in [0.717, 1.165) is 34.9 Å². The highest BCUT2D eigenvalue weighted by Gasteiger charge is 2.29. The summed E-state index contributed by atoms with van der Waals surface area (Å²) in [5.41, 5.74) is 8.01. The molecular formula is C20H21ClN6O. The fourth-order valence-corrected chi connectivity index (χ4v) is 3.80. The number of anilines is 2. The maximum absolute atomic E-state index is 13.3. The van der Waals surface area contributed by atoms with E-state index in [4.69, 9.17) is 22.7 Å². The Morgan fingerprint density at radius 3 is 2.82 bits per heavy atom. The molecule has 4 N–H and O–H groups in total. The Hall–Kier alpha value is -2.93. The van der Waals surface area contributed by atoms with Crippen LogP contribution < -0.4 is 16.6 Å². The zero-order valence-electron chi connectivity index (χ0n) is 15.7. The normalized spacial score (nSPS) is 14.8. The van der Waals surface area contributed by atoms with Crippen LogP contribution in [0, 0.1) is 12.3 Å². The molecule has 0 amide bonds. The van der Waals surface area contributed by atoms with Gasteiger partial charge in [0.05, 0.1) is 17.0 Å². The molecule has 1 unspecified atom stereocenters. The van der Waals surface area contributed by atoms with Crippen molar-refractivity contribution < 1.29 is 0 Å². The first-order valence-corrected chi connectivity index (χ1v) is 9.52. The van der Waals surface area contributed by atoms with Crippen LogP contribution in [0.2, 0.25) is 0 Å². The zero-order valence-corrected chi connectivity index (χ0v) is 16.4. The van der Waals surface area contributed by atoms with Crippen LogP contribution in [-0.4, -0.2) is 19.7 Å². The summed E-state index contributed by atoms with van der Waals surface area (Å²) in [6, 6.07) is 7.90. The molecule has 0 radical (unpaired) electrons. The number of pyridine rings is 1. The summed E-state index contributed by atoms with van der Waals surface area (Å²) in [6.07, 6.45) is 3.32. The number of fused-ring (bicyclic) bond motifs is 1. The molecule has 8 heteroatoms. The maximum Gasteiger partial charge on any atom is 0.259 e. The highest BCUT2D eigenvalue weighted by Crippen LogP contribution is 2.37. The van der Waals surface area contributed by atoms with Gasteiger partial charge in [0, 0.05) is 11.7 Å². The fourth-order valence-electron chi connectivity index (χ4n) is 3.62. The molecule has 0 saturated heterocycles. The lowest BCUT2D eigenvalue weighted by Crippen LogP contribution is -2.27. The average molecular weight is 397 g/mol. The van der Waals surface area contributed by atoms with Crippen molar-refractivity contribution in [3.63, 3.8) is 0 Å². The van der Waals surface area contributed by atoms with Gasteiger partial charge in [-0.15, -0.1) is 0 Å². The van der Waals surface area contributed by atoms with Gasteiger partial charge < -0.3 is 15.6 Å². The summed E-state index contributed by atoms with van der Waals surface area (Å²) in [5.74, 6) is 0.512. The first-order valence-electron chi connectivity index (χ1n) is 9.14. The standard InChI is InChI=1S/C20H21ClN6O/c1-10-4-3-5-12-8-14(27(13-6-7-13)20(28)15(10)12)11(2)26-19-16(17(21)22)18(23)24-9-25-19/h3-5,8-9,11,13,22H,6-7H2,1-2H3,(H3,23,24,25,26). The van der Waals surface area contributed by atoms with Crippen molar-refractivity contribution in [1.82, 2.24) is 14.5 Å². The highest BCUT2D eigenvalue weighted by atomic mass is 35.5. The monoisotopic (exact) mass is 396 g/mol. The van der Waals surface area contributed by atoms with Gasteiger partial charge in [0.2, 0.25) is 0 Å². The van der Waals surface area contributed by atoms with E-state index in [1.165, 1.54) is 6.33 Å². The van der Waals surface area contributed by atoms with Gasteiger partial charge in [-0.05, 0) is 43.7 Å². The molecule has 2 heterocycles. The van der Waals surface area contributed by atoms with E-state index in [0.29, 0.717) is 5.82 Å². The molecule has 0 bridgehead atoms. The molecule has 3 aromatic rings. The molecule has 1 saturated carbocycles. The van der Waals surface area contributed by atoms with Crippen LogP contribution in [0.3, 0.4) is 0 Å². The van der Waals surface area contributed by atoms with Crippen LogP contribution in [-0.2, 0) is 0 Å². The Labute approximate surface area is 167 Å². The van der Waals surface area contributed by atoms with Crippen molar-refractivity contribution in [2.45, 2.75) is 38.8 Å². The molecule has 144 valence electrons. The Kier molecular flexibility index (Phi) is 4.55. The van der Waals surface area contributed by atoms with Gasteiger partial charge in [0.1, 0.15) is 23.1 Å². The lowest BCUT2D eigenvalue weighted by molar-refractivity contribution is 0.635. The molecule has 2 aromatic heterocycles. The van der Waals surface area contributed by atoms with Gasteiger partial charge in [-0.2, -0.15) is 0 Å². The van der Waals surface area contributed by atoms with E-state index in [1.807, 2.05) is 36.6 Å². The lowest BCUT2D eigenvalue weighted by atomic mass is 10.0. The van der Waals surface area contributed by atoms with Crippen LogP contribution in [0.1, 0.15) is 48.7 Å². The number of rotatable bonds is 5. The number of aromatic nitrogens is 3. The van der Waals surface area contributed by atoms with E-state index < -0.39 is 0 Å². The third-order valence-electron chi connectivity index (χ3n) is 5.12. The van der Waals surface area contributed by atoms with Gasteiger partial charge in [-0.3, -0.25) is 10.2 Å². The number of hydrogen-bond donors (Lipinski definition) is 3. The zero-order chi connectivity index (χ0) is 20.0. The second-order valence-electron chi connectivity index (χ2n) is 7.18. The molecule has 1 aromatic carbocycles. The van der Waals surface area contributed by atoms with Crippen LogP contribution in [0.15, 0.2) is 35.4 Å². The van der Waals surface area contributed by atoms with Crippen LogP contribution in [0.4, 0.5) is 11.6 Å². The Morgan fingerprint density at radius 1 is 1.39 bits per heavy atom. The van der Waals surface area contributed by atoms with Gasteiger partial charge >= 0.3 is 0 Å². The number of hydrogen-bond acceptors (Lipinski definition) is 6. The van der Waals surface area contributed by atoms with E-state index >= 15 is 0 Å². The quantitative estimate of drug-likeness (QED) is 0.569. The lowest BCUT2D eigenvalue weighted by Gasteiger charge is -2.22. The van der Waals surface area contributed by atoms with Crippen molar-refractivity contribution in [3.8, 4) is 0 Å². The third-order valence-corrected chi connectivity index (χ3v) is 5.31. The second-order valence-corrected chi connectivity index (χ2v) is 7.56. The highest BCUT2D eigenvalue weighted by molar-refractivity contribution is 6.69. The van der Waals surface area contributed by atoms with Crippen molar-refractivity contribution in [2.24, 2.45) is 0 Å². The molecule has 1 aliphatic carbocycles. The summed E-state index contributed by atoms with van der Waals surface area (Å²) in [6.45, 7) is 3.92. The van der Waals surface area contributed by atoms with Crippen LogP contribution in [0.25, 0.3) is 10.8 Å². The topological polar surface area (TPSA) is 110 Å². The molecule has 4 rings (SSSR count). The smallest absolute Gasteiger partial charge is 0.259 e. The van der Waals surface area contributed by atoms with E-state index in [1.54, 1.807) is 0 Å². The maximum atomic E-state index is 13.3. The predicted octanol–water partition coefficient (Wildman–Crippen LogP) is 3.75. The van der Waals surface area contributed by atoms with E-state index in [9.17, 15) is 4.79 Å². The minimum absolute atomic E-state index is 0.0364. The first-order chi connectivity index (χ1) is 13.4. The number of nitrogens with one attached hydrogen (secondary N) is 2. The molecule has 7 nitrogen and oxygen atoms in total. The third kappa shape index (κ3) is 3.11. The number of aryl methyl sites for hydroxylation is 1. The Balaban J connectivity index is 1.84. The number of halogens is 1. The van der Waals surface area contributed by atoms with E-state index in [-0.39, 0.29) is 34.2 Å². The second kappa shape index (κ2) is 6.91.